The van der Waals surface area contributed by atoms with Crippen LogP contribution < -0.4 is 5.32 Å². The van der Waals surface area contributed by atoms with Gasteiger partial charge in [-0.15, -0.1) is 0 Å². The topological polar surface area (TPSA) is 41.6 Å². The molecular weight excluding hydrogens is 264 g/mol. The van der Waals surface area contributed by atoms with Crippen molar-refractivity contribution in [3.8, 4) is 0 Å². The summed E-state index contributed by atoms with van der Waals surface area (Å²) in [6.45, 7) is 4.69. The zero-order valence-electron chi connectivity index (χ0n) is 12.5. The number of carbonyl (C=O) groups is 1. The molecule has 1 atom stereocenters. The van der Waals surface area contributed by atoms with E-state index in [1.54, 1.807) is 0 Å². The molecule has 0 saturated carbocycles. The summed E-state index contributed by atoms with van der Waals surface area (Å²) in [4.78, 5) is 14.5. The Bertz CT molecular complexity index is 477. The molecule has 4 nitrogen and oxygen atoms in total. The fourth-order valence-corrected chi connectivity index (χ4v) is 3.15. The second kappa shape index (κ2) is 7.05. The van der Waals surface area contributed by atoms with Crippen molar-refractivity contribution in [1.29, 1.82) is 0 Å². The summed E-state index contributed by atoms with van der Waals surface area (Å²) in [6, 6.07) is 8.41. The maximum absolute atomic E-state index is 12.0. The Morgan fingerprint density at radius 1 is 1.19 bits per heavy atom. The molecule has 0 bridgehead atoms. The standard InChI is InChI=1S/C17H24N2O2/c20-17(16-8-5-11-21-16)18-12-14-6-1-2-7-15(14)13-19-9-3-4-10-19/h1-2,6-7,16H,3-5,8-13H2,(H,18,20)/t16-/m1/s1. The summed E-state index contributed by atoms with van der Waals surface area (Å²) in [5.74, 6) is 0.0310. The quantitative estimate of drug-likeness (QED) is 0.902. The molecule has 114 valence electrons. The Morgan fingerprint density at radius 2 is 1.95 bits per heavy atom. The molecule has 2 heterocycles. The number of amides is 1. The largest absolute Gasteiger partial charge is 0.368 e. The number of nitrogens with one attached hydrogen (secondary N) is 1. The van der Waals surface area contributed by atoms with Crippen LogP contribution in [0.5, 0.6) is 0 Å². The first-order chi connectivity index (χ1) is 10.3. The number of nitrogens with zero attached hydrogens (tertiary/aromatic N) is 1. The molecule has 1 aromatic carbocycles. The second-order valence-corrected chi connectivity index (χ2v) is 5.97. The second-order valence-electron chi connectivity index (χ2n) is 5.97. The fraction of sp³-hybridized carbons (Fsp3) is 0.588. The van der Waals surface area contributed by atoms with Gasteiger partial charge in [0.25, 0.3) is 0 Å². The number of hydrogen-bond acceptors (Lipinski definition) is 3. The molecule has 0 unspecified atom stereocenters. The minimum Gasteiger partial charge on any atom is -0.368 e. The van der Waals surface area contributed by atoms with Gasteiger partial charge in [0.1, 0.15) is 6.10 Å². The Kier molecular flexibility index (Phi) is 4.88. The Labute approximate surface area is 126 Å². The smallest absolute Gasteiger partial charge is 0.249 e. The van der Waals surface area contributed by atoms with Gasteiger partial charge in [-0.25, -0.2) is 0 Å². The number of likely N-dealkylation sites (tertiary alicyclic amines) is 1. The summed E-state index contributed by atoms with van der Waals surface area (Å²) < 4.78 is 5.42. The summed E-state index contributed by atoms with van der Waals surface area (Å²) in [6.07, 6.45) is 4.21. The molecule has 1 amide bonds. The summed E-state index contributed by atoms with van der Waals surface area (Å²) >= 11 is 0. The molecule has 2 aliphatic rings. The molecule has 2 saturated heterocycles. The van der Waals surface area contributed by atoms with Crippen LogP contribution in [0.3, 0.4) is 0 Å². The lowest BCUT2D eigenvalue weighted by Gasteiger charge is -2.18. The third-order valence-electron chi connectivity index (χ3n) is 4.39. The molecule has 1 N–H and O–H groups in total. The molecule has 2 aliphatic heterocycles. The molecule has 4 heteroatoms. The van der Waals surface area contributed by atoms with Gasteiger partial charge in [-0.2, -0.15) is 0 Å². The molecule has 0 aliphatic carbocycles. The number of hydrogen-bond donors (Lipinski definition) is 1. The fourth-order valence-electron chi connectivity index (χ4n) is 3.15. The van der Waals surface area contributed by atoms with Gasteiger partial charge in [0.2, 0.25) is 5.91 Å². The van der Waals surface area contributed by atoms with Crippen molar-refractivity contribution in [2.24, 2.45) is 0 Å². The third-order valence-corrected chi connectivity index (χ3v) is 4.39. The zero-order chi connectivity index (χ0) is 14.5. The predicted octanol–water partition coefficient (Wildman–Crippen LogP) is 2.08. The molecule has 3 rings (SSSR count). The van der Waals surface area contributed by atoms with Crippen LogP contribution in [0.25, 0.3) is 0 Å². The van der Waals surface area contributed by atoms with E-state index in [1.165, 1.54) is 37.1 Å². The molecule has 1 aromatic rings. The van der Waals surface area contributed by atoms with Gasteiger partial charge in [-0.1, -0.05) is 24.3 Å². The summed E-state index contributed by atoms with van der Waals surface area (Å²) in [7, 11) is 0. The van der Waals surface area contributed by atoms with Gasteiger partial charge in [0.05, 0.1) is 0 Å². The van der Waals surface area contributed by atoms with Gasteiger partial charge in [0, 0.05) is 19.7 Å². The highest BCUT2D eigenvalue weighted by atomic mass is 16.5. The average Bonchev–Trinajstić information content (AvgIpc) is 3.19. The number of carbonyl (C=O) groups excluding carboxylic acids is 1. The van der Waals surface area contributed by atoms with Crippen LogP contribution in [0.2, 0.25) is 0 Å². The van der Waals surface area contributed by atoms with Crippen molar-refractivity contribution in [2.75, 3.05) is 19.7 Å². The maximum atomic E-state index is 12.0. The van der Waals surface area contributed by atoms with Gasteiger partial charge in [-0.3, -0.25) is 9.69 Å². The maximum Gasteiger partial charge on any atom is 0.249 e. The van der Waals surface area contributed by atoms with Crippen molar-refractivity contribution in [3.05, 3.63) is 35.4 Å². The minimum absolute atomic E-state index is 0.0310. The highest BCUT2D eigenvalue weighted by Crippen LogP contribution is 2.17. The highest BCUT2D eigenvalue weighted by molar-refractivity contribution is 5.80. The van der Waals surface area contributed by atoms with Crippen molar-refractivity contribution in [2.45, 2.75) is 44.9 Å². The van der Waals surface area contributed by atoms with Gasteiger partial charge < -0.3 is 10.1 Å². The molecule has 21 heavy (non-hydrogen) atoms. The minimum atomic E-state index is -0.240. The van der Waals surface area contributed by atoms with Crippen LogP contribution >= 0.6 is 0 Å². The first-order valence-electron chi connectivity index (χ1n) is 8.01. The highest BCUT2D eigenvalue weighted by Gasteiger charge is 2.23. The molecule has 0 spiro atoms. The van der Waals surface area contributed by atoms with Gasteiger partial charge >= 0.3 is 0 Å². The van der Waals surface area contributed by atoms with Crippen LogP contribution in [-0.2, 0) is 22.6 Å². The van der Waals surface area contributed by atoms with E-state index in [9.17, 15) is 4.79 Å². The van der Waals surface area contributed by atoms with Crippen molar-refractivity contribution < 1.29 is 9.53 Å². The summed E-state index contributed by atoms with van der Waals surface area (Å²) in [5.41, 5.74) is 2.54. The van der Waals surface area contributed by atoms with E-state index in [0.29, 0.717) is 13.2 Å². The molecule has 0 radical (unpaired) electrons. The predicted molar refractivity (Wildman–Crippen MR) is 81.8 cm³/mol. The van der Waals surface area contributed by atoms with E-state index in [2.05, 4.69) is 28.4 Å². The normalized spacial score (nSPS) is 22.6. The first kappa shape index (κ1) is 14.5. The van der Waals surface area contributed by atoms with Gasteiger partial charge in [-0.05, 0) is 49.9 Å². The molecule has 0 aromatic heterocycles. The van der Waals surface area contributed by atoms with Crippen LogP contribution in [0.15, 0.2) is 24.3 Å². The Balaban J connectivity index is 1.57. The lowest BCUT2D eigenvalue weighted by molar-refractivity contribution is -0.130. The van der Waals surface area contributed by atoms with E-state index >= 15 is 0 Å². The van der Waals surface area contributed by atoms with Crippen LogP contribution in [0, 0.1) is 0 Å². The number of rotatable bonds is 5. The van der Waals surface area contributed by atoms with Gasteiger partial charge in [0.15, 0.2) is 0 Å². The summed E-state index contributed by atoms with van der Waals surface area (Å²) in [5, 5.41) is 3.02. The van der Waals surface area contributed by atoms with E-state index in [-0.39, 0.29) is 12.0 Å². The lowest BCUT2D eigenvalue weighted by atomic mass is 10.1. The third kappa shape index (κ3) is 3.83. The van der Waals surface area contributed by atoms with Crippen LogP contribution in [-0.4, -0.2) is 36.6 Å². The average molecular weight is 288 g/mol. The van der Waals surface area contributed by atoms with Crippen LogP contribution in [0.4, 0.5) is 0 Å². The number of benzene rings is 1. The SMILES string of the molecule is O=C(NCc1ccccc1CN1CCCC1)[C@H]1CCCO1. The molecule has 2 fully saturated rings. The van der Waals surface area contributed by atoms with Crippen LogP contribution in [0.1, 0.15) is 36.8 Å². The van der Waals surface area contributed by atoms with Crippen molar-refractivity contribution in [3.63, 3.8) is 0 Å². The van der Waals surface area contributed by atoms with Crippen molar-refractivity contribution >= 4 is 5.91 Å². The van der Waals surface area contributed by atoms with E-state index < -0.39 is 0 Å². The lowest BCUT2D eigenvalue weighted by Crippen LogP contribution is -2.34. The Morgan fingerprint density at radius 3 is 2.67 bits per heavy atom. The number of ether oxygens (including phenoxy) is 1. The van der Waals surface area contributed by atoms with Crippen molar-refractivity contribution in [1.82, 2.24) is 10.2 Å². The van der Waals surface area contributed by atoms with E-state index in [0.717, 1.165) is 19.4 Å². The monoisotopic (exact) mass is 288 g/mol. The van der Waals surface area contributed by atoms with E-state index in [4.69, 9.17) is 4.74 Å². The van der Waals surface area contributed by atoms with E-state index in [1.807, 2.05) is 6.07 Å². The zero-order valence-corrected chi connectivity index (χ0v) is 12.5. The Hall–Kier alpha value is -1.39. The first-order valence-corrected chi connectivity index (χ1v) is 8.01. The molecular formula is C17H24N2O2.